The minimum Gasteiger partial charge on any atom is -0.487 e. The number of hydrogen-bond donors (Lipinski definition) is 0. The standard InChI is InChI=1S/C22H36I2O4/c1-4-5-6-9-22(2,3)19-7-8-20(27-16-14-25-12-10-23)21(18-19)28-17-15-26-13-11-24/h7-8,18H,4-6,9-17H2,1-3H3. The molecule has 0 saturated heterocycles. The predicted molar refractivity (Wildman–Crippen MR) is 134 cm³/mol. The lowest BCUT2D eigenvalue weighted by atomic mass is 9.80. The Bertz CT molecular complexity index is 523. The van der Waals surface area contributed by atoms with Crippen LogP contribution in [0.5, 0.6) is 11.5 Å². The van der Waals surface area contributed by atoms with Crippen LogP contribution in [0.4, 0.5) is 0 Å². The fourth-order valence-corrected chi connectivity index (χ4v) is 3.48. The molecule has 1 rings (SSSR count). The van der Waals surface area contributed by atoms with Crippen LogP contribution in [0.1, 0.15) is 52.0 Å². The van der Waals surface area contributed by atoms with E-state index < -0.39 is 0 Å². The van der Waals surface area contributed by atoms with Crippen LogP contribution in [-0.2, 0) is 14.9 Å². The van der Waals surface area contributed by atoms with E-state index in [0.717, 1.165) is 33.6 Å². The highest BCUT2D eigenvalue weighted by molar-refractivity contribution is 14.1. The Morgan fingerprint density at radius 1 is 0.786 bits per heavy atom. The molecule has 0 heterocycles. The van der Waals surface area contributed by atoms with Crippen LogP contribution in [0.2, 0.25) is 0 Å². The van der Waals surface area contributed by atoms with Crippen molar-refractivity contribution < 1.29 is 18.9 Å². The molecule has 0 N–H and O–H groups in total. The highest BCUT2D eigenvalue weighted by atomic mass is 127. The molecule has 1 aromatic rings. The van der Waals surface area contributed by atoms with E-state index in [2.05, 4.69) is 78.1 Å². The number of benzene rings is 1. The number of unbranched alkanes of at least 4 members (excludes halogenated alkanes) is 2. The lowest BCUT2D eigenvalue weighted by molar-refractivity contribution is 0.102. The van der Waals surface area contributed by atoms with Gasteiger partial charge in [-0.1, -0.05) is 91.3 Å². The van der Waals surface area contributed by atoms with E-state index in [9.17, 15) is 0 Å². The molecule has 0 aliphatic heterocycles. The summed E-state index contributed by atoms with van der Waals surface area (Å²) in [7, 11) is 0. The van der Waals surface area contributed by atoms with Gasteiger partial charge >= 0.3 is 0 Å². The maximum Gasteiger partial charge on any atom is 0.161 e. The smallest absolute Gasteiger partial charge is 0.161 e. The molecule has 28 heavy (non-hydrogen) atoms. The van der Waals surface area contributed by atoms with E-state index >= 15 is 0 Å². The summed E-state index contributed by atoms with van der Waals surface area (Å²) in [4.78, 5) is 0. The monoisotopic (exact) mass is 618 g/mol. The second kappa shape index (κ2) is 16.0. The van der Waals surface area contributed by atoms with Gasteiger partial charge in [-0.15, -0.1) is 0 Å². The van der Waals surface area contributed by atoms with Gasteiger partial charge in [-0.3, -0.25) is 0 Å². The molecule has 0 radical (unpaired) electrons. The first-order valence-corrected chi connectivity index (χ1v) is 13.3. The molecule has 0 aliphatic carbocycles. The Kier molecular flexibility index (Phi) is 15.0. The average Bonchev–Trinajstić information content (AvgIpc) is 2.68. The van der Waals surface area contributed by atoms with Crippen molar-refractivity contribution in [2.45, 2.75) is 51.9 Å². The third kappa shape index (κ3) is 10.8. The van der Waals surface area contributed by atoms with Gasteiger partial charge < -0.3 is 18.9 Å². The van der Waals surface area contributed by atoms with E-state index in [4.69, 9.17) is 18.9 Å². The van der Waals surface area contributed by atoms with Gasteiger partial charge in [-0.25, -0.2) is 0 Å². The first-order chi connectivity index (χ1) is 13.5. The Balaban J connectivity index is 2.77. The van der Waals surface area contributed by atoms with Gasteiger partial charge in [0.25, 0.3) is 0 Å². The SMILES string of the molecule is CCCCCC(C)(C)c1ccc(OCCOCCI)c(OCCOCCI)c1. The van der Waals surface area contributed by atoms with E-state index in [1.807, 2.05) is 6.07 Å². The molecule has 0 unspecified atom stereocenters. The predicted octanol–water partition coefficient (Wildman–Crippen LogP) is 6.21. The van der Waals surface area contributed by atoms with Crippen LogP contribution in [-0.4, -0.2) is 48.5 Å². The summed E-state index contributed by atoms with van der Waals surface area (Å²) < 4.78 is 25.0. The molecule has 1 aromatic carbocycles. The second-order valence-corrected chi connectivity index (χ2v) is 9.46. The highest BCUT2D eigenvalue weighted by Gasteiger charge is 2.22. The Labute approximate surface area is 198 Å². The zero-order valence-corrected chi connectivity index (χ0v) is 21.9. The summed E-state index contributed by atoms with van der Waals surface area (Å²) in [5.41, 5.74) is 1.41. The van der Waals surface area contributed by atoms with Gasteiger partial charge in [0.1, 0.15) is 13.2 Å². The molecule has 162 valence electrons. The molecular weight excluding hydrogens is 582 g/mol. The van der Waals surface area contributed by atoms with Crippen molar-refractivity contribution >= 4 is 45.2 Å². The quantitative estimate of drug-likeness (QED) is 0.118. The highest BCUT2D eigenvalue weighted by Crippen LogP contribution is 2.36. The molecule has 0 aliphatic rings. The van der Waals surface area contributed by atoms with Gasteiger partial charge in [0, 0.05) is 8.86 Å². The molecular formula is C22H36I2O4. The fourth-order valence-electron chi connectivity index (χ4n) is 2.86. The Hall–Kier alpha value is 0.200. The van der Waals surface area contributed by atoms with Crippen molar-refractivity contribution in [2.24, 2.45) is 0 Å². The number of hydrogen-bond acceptors (Lipinski definition) is 4. The van der Waals surface area contributed by atoms with Crippen LogP contribution >= 0.6 is 45.2 Å². The van der Waals surface area contributed by atoms with E-state index in [0.29, 0.717) is 26.4 Å². The van der Waals surface area contributed by atoms with Gasteiger partial charge in [0.05, 0.1) is 26.4 Å². The van der Waals surface area contributed by atoms with Gasteiger partial charge in [-0.2, -0.15) is 0 Å². The third-order valence-corrected chi connectivity index (χ3v) is 5.42. The molecule has 0 atom stereocenters. The van der Waals surface area contributed by atoms with E-state index in [1.165, 1.54) is 31.2 Å². The van der Waals surface area contributed by atoms with Crippen molar-refractivity contribution in [1.82, 2.24) is 0 Å². The van der Waals surface area contributed by atoms with Crippen molar-refractivity contribution in [1.29, 1.82) is 0 Å². The van der Waals surface area contributed by atoms with Gasteiger partial charge in [-0.05, 0) is 29.5 Å². The Morgan fingerprint density at radius 3 is 1.96 bits per heavy atom. The maximum atomic E-state index is 6.03. The largest absolute Gasteiger partial charge is 0.487 e. The number of halogens is 2. The van der Waals surface area contributed by atoms with Crippen LogP contribution in [0.15, 0.2) is 18.2 Å². The zero-order valence-electron chi connectivity index (χ0n) is 17.6. The summed E-state index contributed by atoms with van der Waals surface area (Å²) in [5.74, 6) is 1.58. The van der Waals surface area contributed by atoms with Crippen molar-refractivity contribution in [3.05, 3.63) is 23.8 Å². The normalized spacial score (nSPS) is 11.6. The molecule has 0 spiro atoms. The summed E-state index contributed by atoms with van der Waals surface area (Å²) in [6.07, 6.45) is 4.94. The van der Waals surface area contributed by atoms with Gasteiger partial charge in [0.2, 0.25) is 0 Å². The summed E-state index contributed by atoms with van der Waals surface area (Å²) >= 11 is 4.61. The minimum absolute atomic E-state index is 0.118. The number of rotatable bonds is 17. The lowest BCUT2D eigenvalue weighted by Crippen LogP contribution is -2.18. The molecule has 6 heteroatoms. The molecule has 0 fully saturated rings. The first-order valence-electron chi connectivity index (χ1n) is 10.2. The van der Waals surface area contributed by atoms with Crippen LogP contribution in [0, 0.1) is 0 Å². The van der Waals surface area contributed by atoms with E-state index in [1.54, 1.807) is 0 Å². The minimum atomic E-state index is 0.118. The fraction of sp³-hybridized carbons (Fsp3) is 0.727. The van der Waals surface area contributed by atoms with Crippen molar-refractivity contribution in [2.75, 3.05) is 48.5 Å². The van der Waals surface area contributed by atoms with E-state index in [-0.39, 0.29) is 5.41 Å². The van der Waals surface area contributed by atoms with Crippen molar-refractivity contribution in [3.63, 3.8) is 0 Å². The molecule has 4 nitrogen and oxygen atoms in total. The summed E-state index contributed by atoms with van der Waals surface area (Å²) in [6.45, 7) is 10.6. The Morgan fingerprint density at radius 2 is 1.39 bits per heavy atom. The molecule has 0 saturated carbocycles. The molecule has 0 amide bonds. The second-order valence-electron chi connectivity index (χ2n) is 7.30. The van der Waals surface area contributed by atoms with Crippen LogP contribution in [0.3, 0.4) is 0 Å². The van der Waals surface area contributed by atoms with Crippen LogP contribution in [0.25, 0.3) is 0 Å². The van der Waals surface area contributed by atoms with Gasteiger partial charge in [0.15, 0.2) is 11.5 Å². The topological polar surface area (TPSA) is 36.9 Å². The lowest BCUT2D eigenvalue weighted by Gasteiger charge is -2.26. The van der Waals surface area contributed by atoms with Crippen LogP contribution < -0.4 is 9.47 Å². The first kappa shape index (κ1) is 26.2. The summed E-state index contributed by atoms with van der Waals surface area (Å²) in [5, 5.41) is 0. The number of alkyl halides is 2. The summed E-state index contributed by atoms with van der Waals surface area (Å²) in [6, 6.07) is 6.36. The molecule has 0 aromatic heterocycles. The number of ether oxygens (including phenoxy) is 4. The zero-order chi connectivity index (χ0) is 20.7. The average molecular weight is 618 g/mol. The van der Waals surface area contributed by atoms with Crippen molar-refractivity contribution in [3.8, 4) is 11.5 Å². The maximum absolute atomic E-state index is 6.03. The molecule has 0 bridgehead atoms. The third-order valence-electron chi connectivity index (χ3n) is 4.54.